The average molecular weight is 554 g/mol. The van der Waals surface area contributed by atoms with E-state index in [-0.39, 0.29) is 17.6 Å². The van der Waals surface area contributed by atoms with Crippen molar-refractivity contribution in [1.82, 2.24) is 10.2 Å². The molecule has 0 spiro atoms. The van der Waals surface area contributed by atoms with Crippen molar-refractivity contribution in [2.45, 2.75) is 6.54 Å². The maximum Gasteiger partial charge on any atom is 0.256 e. The number of benzene rings is 3. The van der Waals surface area contributed by atoms with E-state index in [1.165, 1.54) is 12.1 Å². The molecule has 0 unspecified atom stereocenters. The Labute approximate surface area is 218 Å². The molecule has 0 aliphatic carbocycles. The Bertz CT molecular complexity index is 1210. The van der Waals surface area contributed by atoms with E-state index in [9.17, 15) is 14.0 Å². The van der Waals surface area contributed by atoms with Crippen molar-refractivity contribution in [3.8, 4) is 0 Å². The Hall–Kier alpha value is -3.27. The van der Waals surface area contributed by atoms with Crippen LogP contribution in [0.4, 0.5) is 15.8 Å². The molecule has 4 N–H and O–H groups in total. The number of nitrogens with one attached hydrogen (secondary N) is 2. The van der Waals surface area contributed by atoms with Crippen LogP contribution < -0.4 is 21.3 Å². The number of halogens is 2. The number of nitrogens with zero attached hydrogens (tertiary/aromatic N) is 2. The summed E-state index contributed by atoms with van der Waals surface area (Å²) in [6, 6.07) is 19.1. The predicted molar refractivity (Wildman–Crippen MR) is 144 cm³/mol. The molecular formula is C27H29BrFN5O2. The first-order chi connectivity index (χ1) is 17.4. The van der Waals surface area contributed by atoms with Crippen LogP contribution >= 0.6 is 15.9 Å². The van der Waals surface area contributed by atoms with Crippen molar-refractivity contribution in [3.05, 3.63) is 93.7 Å². The Kier molecular flexibility index (Phi) is 8.69. The van der Waals surface area contributed by atoms with Gasteiger partial charge in [0.05, 0.1) is 5.56 Å². The number of amides is 2. The minimum atomic E-state index is -0.260. The third kappa shape index (κ3) is 6.48. The molecule has 1 heterocycles. The summed E-state index contributed by atoms with van der Waals surface area (Å²) in [5.74, 6) is -0.740. The second-order valence-electron chi connectivity index (χ2n) is 8.59. The number of carbonyl (C=O) groups excluding carboxylic acids is 2. The second kappa shape index (κ2) is 12.1. The van der Waals surface area contributed by atoms with E-state index in [4.69, 9.17) is 5.73 Å². The molecule has 188 valence electrons. The van der Waals surface area contributed by atoms with Gasteiger partial charge in [0, 0.05) is 67.2 Å². The highest BCUT2D eigenvalue weighted by molar-refractivity contribution is 9.10. The summed E-state index contributed by atoms with van der Waals surface area (Å²) in [7, 11) is 0. The van der Waals surface area contributed by atoms with Gasteiger partial charge in [-0.25, -0.2) is 4.39 Å². The Morgan fingerprint density at radius 3 is 2.36 bits per heavy atom. The molecular weight excluding hydrogens is 525 g/mol. The second-order valence-corrected chi connectivity index (χ2v) is 9.44. The fraction of sp³-hybridized carbons (Fsp3) is 0.259. The van der Waals surface area contributed by atoms with E-state index in [0.29, 0.717) is 40.9 Å². The number of anilines is 2. The zero-order valence-corrected chi connectivity index (χ0v) is 21.4. The van der Waals surface area contributed by atoms with Gasteiger partial charge in [-0.15, -0.1) is 0 Å². The number of hydrogen-bond donors (Lipinski definition) is 3. The monoisotopic (exact) mass is 553 g/mol. The highest BCUT2D eigenvalue weighted by Crippen LogP contribution is 2.24. The van der Waals surface area contributed by atoms with E-state index >= 15 is 0 Å². The smallest absolute Gasteiger partial charge is 0.256 e. The molecule has 7 nitrogen and oxygen atoms in total. The molecule has 0 saturated carbocycles. The lowest BCUT2D eigenvalue weighted by Gasteiger charge is -2.36. The normalized spacial score (nSPS) is 13.9. The summed E-state index contributed by atoms with van der Waals surface area (Å²) >= 11 is 3.43. The maximum absolute atomic E-state index is 13.3. The average Bonchev–Trinajstić information content (AvgIpc) is 2.89. The predicted octanol–water partition coefficient (Wildman–Crippen LogP) is 3.85. The summed E-state index contributed by atoms with van der Waals surface area (Å²) in [6.45, 7) is 4.58. The van der Waals surface area contributed by atoms with E-state index in [2.05, 4.69) is 36.4 Å². The maximum atomic E-state index is 13.3. The lowest BCUT2D eigenvalue weighted by atomic mass is 10.1. The third-order valence-corrected chi connectivity index (χ3v) is 6.82. The molecule has 1 saturated heterocycles. The van der Waals surface area contributed by atoms with Gasteiger partial charge in [-0.3, -0.25) is 14.5 Å². The zero-order chi connectivity index (χ0) is 25.5. The minimum Gasteiger partial charge on any atom is -0.369 e. The van der Waals surface area contributed by atoms with E-state index < -0.39 is 0 Å². The Morgan fingerprint density at radius 1 is 0.944 bits per heavy atom. The molecule has 4 rings (SSSR count). The summed E-state index contributed by atoms with van der Waals surface area (Å²) in [5, 5.41) is 5.77. The molecule has 0 atom stereocenters. The highest BCUT2D eigenvalue weighted by atomic mass is 79.9. The lowest BCUT2D eigenvalue weighted by Crippen LogP contribution is -2.46. The number of nitrogens with two attached hydrogens (primary N) is 1. The summed E-state index contributed by atoms with van der Waals surface area (Å²) in [5.41, 5.74) is 8.99. The Balaban J connectivity index is 1.50. The highest BCUT2D eigenvalue weighted by Gasteiger charge is 2.20. The largest absolute Gasteiger partial charge is 0.369 e. The molecule has 1 fully saturated rings. The SMILES string of the molecule is NCCNC(=O)c1ccc(CN2CCN(c3ccc(F)cc3)CC2)c(NC(=O)c2ccccc2Br)c1. The van der Waals surface area contributed by atoms with E-state index in [1.54, 1.807) is 36.4 Å². The molecule has 0 radical (unpaired) electrons. The topological polar surface area (TPSA) is 90.7 Å². The van der Waals surface area contributed by atoms with Gasteiger partial charge >= 0.3 is 0 Å². The number of piperazine rings is 1. The quantitative estimate of drug-likeness (QED) is 0.394. The standard InChI is InChI=1S/C27H29BrFN5O2/c28-24-4-2-1-3-23(24)27(36)32-25-17-19(26(35)31-12-11-30)5-6-20(25)18-33-13-15-34(16-14-33)22-9-7-21(29)8-10-22/h1-10,17H,11-16,18,30H2,(H,31,35)(H,32,36). The lowest BCUT2D eigenvalue weighted by molar-refractivity contribution is 0.0953. The van der Waals surface area contributed by atoms with Gasteiger partial charge in [0.25, 0.3) is 11.8 Å². The molecule has 9 heteroatoms. The van der Waals surface area contributed by atoms with Crippen LogP contribution in [0, 0.1) is 5.82 Å². The van der Waals surface area contributed by atoms with Gasteiger partial charge in [-0.2, -0.15) is 0 Å². The van der Waals surface area contributed by atoms with Crippen LogP contribution in [0.2, 0.25) is 0 Å². The van der Waals surface area contributed by atoms with Crippen LogP contribution in [0.3, 0.4) is 0 Å². The van der Waals surface area contributed by atoms with Gasteiger partial charge < -0.3 is 21.3 Å². The number of carbonyl (C=O) groups is 2. The van der Waals surface area contributed by atoms with Crippen molar-refractivity contribution in [2.75, 3.05) is 49.5 Å². The molecule has 1 aliphatic heterocycles. The van der Waals surface area contributed by atoms with Gasteiger partial charge in [0.1, 0.15) is 5.82 Å². The summed E-state index contributed by atoms with van der Waals surface area (Å²) in [4.78, 5) is 30.1. The van der Waals surface area contributed by atoms with Crippen LogP contribution in [0.1, 0.15) is 26.3 Å². The first kappa shape index (κ1) is 25.8. The van der Waals surface area contributed by atoms with Crippen molar-refractivity contribution in [3.63, 3.8) is 0 Å². The number of hydrogen-bond acceptors (Lipinski definition) is 5. The molecule has 1 aliphatic rings. The van der Waals surface area contributed by atoms with Crippen molar-refractivity contribution in [1.29, 1.82) is 0 Å². The third-order valence-electron chi connectivity index (χ3n) is 6.13. The van der Waals surface area contributed by atoms with E-state index in [0.717, 1.165) is 37.4 Å². The number of rotatable bonds is 8. The van der Waals surface area contributed by atoms with Crippen molar-refractivity contribution >= 4 is 39.1 Å². The fourth-order valence-electron chi connectivity index (χ4n) is 4.15. The van der Waals surface area contributed by atoms with Crippen LogP contribution in [-0.2, 0) is 6.54 Å². The summed E-state index contributed by atoms with van der Waals surface area (Å²) in [6.07, 6.45) is 0. The molecule has 0 bridgehead atoms. The fourth-order valence-corrected chi connectivity index (χ4v) is 4.62. The van der Waals surface area contributed by atoms with Crippen molar-refractivity contribution in [2.24, 2.45) is 5.73 Å². The van der Waals surface area contributed by atoms with Gasteiger partial charge in [-0.05, 0) is 70.0 Å². The molecule has 36 heavy (non-hydrogen) atoms. The van der Waals surface area contributed by atoms with Gasteiger partial charge in [0.2, 0.25) is 0 Å². The molecule has 0 aromatic heterocycles. The van der Waals surface area contributed by atoms with Crippen LogP contribution in [-0.4, -0.2) is 56.0 Å². The van der Waals surface area contributed by atoms with Crippen LogP contribution in [0.15, 0.2) is 71.2 Å². The molecule has 2 amide bonds. The molecule has 3 aromatic carbocycles. The minimum absolute atomic E-state index is 0.240. The summed E-state index contributed by atoms with van der Waals surface area (Å²) < 4.78 is 14.0. The van der Waals surface area contributed by atoms with Crippen LogP contribution in [0.25, 0.3) is 0 Å². The zero-order valence-electron chi connectivity index (χ0n) is 19.8. The first-order valence-electron chi connectivity index (χ1n) is 11.8. The van der Waals surface area contributed by atoms with Gasteiger partial charge in [-0.1, -0.05) is 18.2 Å². The van der Waals surface area contributed by atoms with E-state index in [1.807, 2.05) is 18.2 Å². The Morgan fingerprint density at radius 2 is 1.67 bits per heavy atom. The van der Waals surface area contributed by atoms with Gasteiger partial charge in [0.15, 0.2) is 0 Å². The first-order valence-corrected chi connectivity index (χ1v) is 12.6. The van der Waals surface area contributed by atoms with Crippen molar-refractivity contribution < 1.29 is 14.0 Å². The van der Waals surface area contributed by atoms with Crippen LogP contribution in [0.5, 0.6) is 0 Å². The molecule has 3 aromatic rings.